The van der Waals surface area contributed by atoms with Crippen molar-refractivity contribution in [1.29, 1.82) is 0 Å². The third kappa shape index (κ3) is 7.72. The number of ether oxygens (including phenoxy) is 1. The van der Waals surface area contributed by atoms with E-state index in [1.807, 2.05) is 30.3 Å². The third-order valence-electron chi connectivity index (χ3n) is 6.95. The highest BCUT2D eigenvalue weighted by atomic mass is 35.5. The Kier molecular flexibility index (Phi) is 11.3. The zero-order valence-corrected chi connectivity index (χ0v) is 26.6. The maximum absolute atomic E-state index is 14.5. The molecular formula is C33H33Cl2N3O5S. The minimum atomic E-state index is -4.27. The molecule has 44 heavy (non-hydrogen) atoms. The van der Waals surface area contributed by atoms with E-state index in [4.69, 9.17) is 27.9 Å². The Morgan fingerprint density at radius 2 is 1.43 bits per heavy atom. The number of carbonyl (C=O) groups excluding carboxylic acids is 2. The fourth-order valence-electron chi connectivity index (χ4n) is 4.75. The second kappa shape index (κ2) is 15.1. The number of hydrogen-bond acceptors (Lipinski definition) is 5. The predicted octanol–water partition coefficient (Wildman–Crippen LogP) is 5.97. The van der Waals surface area contributed by atoms with Gasteiger partial charge in [0.25, 0.3) is 10.0 Å². The molecule has 0 aliphatic rings. The van der Waals surface area contributed by atoms with E-state index >= 15 is 0 Å². The van der Waals surface area contributed by atoms with Crippen molar-refractivity contribution in [2.75, 3.05) is 24.5 Å². The topological polar surface area (TPSA) is 96.0 Å². The van der Waals surface area contributed by atoms with Gasteiger partial charge >= 0.3 is 0 Å². The van der Waals surface area contributed by atoms with E-state index in [2.05, 4.69) is 5.32 Å². The molecule has 0 radical (unpaired) electrons. The number of para-hydroxylation sites is 2. The van der Waals surface area contributed by atoms with E-state index in [1.165, 1.54) is 24.1 Å². The van der Waals surface area contributed by atoms with Gasteiger partial charge in [-0.05, 0) is 48.9 Å². The van der Waals surface area contributed by atoms with Gasteiger partial charge in [0.1, 0.15) is 18.3 Å². The number of hydrogen-bond donors (Lipinski definition) is 1. The molecule has 0 saturated heterocycles. The largest absolute Gasteiger partial charge is 0.492 e. The summed E-state index contributed by atoms with van der Waals surface area (Å²) in [6.07, 6.45) is 0.162. The number of benzene rings is 4. The molecule has 4 rings (SSSR count). The second-order valence-electron chi connectivity index (χ2n) is 9.77. The summed E-state index contributed by atoms with van der Waals surface area (Å²) in [5.74, 6) is -0.788. The van der Waals surface area contributed by atoms with Crippen LogP contribution in [0.4, 0.5) is 5.69 Å². The van der Waals surface area contributed by atoms with Crippen LogP contribution in [0.5, 0.6) is 5.75 Å². The molecule has 4 aromatic rings. The molecule has 0 spiro atoms. The van der Waals surface area contributed by atoms with Crippen LogP contribution in [-0.4, -0.2) is 51.4 Å². The highest BCUT2D eigenvalue weighted by molar-refractivity contribution is 7.92. The van der Waals surface area contributed by atoms with Crippen molar-refractivity contribution in [2.45, 2.75) is 30.8 Å². The zero-order chi connectivity index (χ0) is 31.7. The Hall–Kier alpha value is -4.05. The van der Waals surface area contributed by atoms with Crippen molar-refractivity contribution in [3.63, 3.8) is 0 Å². The van der Waals surface area contributed by atoms with Crippen LogP contribution in [0.15, 0.2) is 108 Å². The minimum absolute atomic E-state index is 0.00747. The number of nitrogens with one attached hydrogen (secondary N) is 1. The summed E-state index contributed by atoms with van der Waals surface area (Å²) in [4.78, 5) is 29.2. The lowest BCUT2D eigenvalue weighted by atomic mass is 10.0. The molecule has 0 unspecified atom stereocenters. The van der Waals surface area contributed by atoms with Crippen molar-refractivity contribution in [3.05, 3.63) is 124 Å². The van der Waals surface area contributed by atoms with Crippen molar-refractivity contribution in [3.8, 4) is 5.75 Å². The second-order valence-corrected chi connectivity index (χ2v) is 12.4. The van der Waals surface area contributed by atoms with E-state index in [1.54, 1.807) is 67.6 Å². The van der Waals surface area contributed by atoms with Crippen LogP contribution in [-0.2, 0) is 32.6 Å². The van der Waals surface area contributed by atoms with Gasteiger partial charge in [-0.2, -0.15) is 0 Å². The Labute approximate surface area is 268 Å². The van der Waals surface area contributed by atoms with Gasteiger partial charge in [-0.15, -0.1) is 0 Å². The van der Waals surface area contributed by atoms with Gasteiger partial charge in [0.05, 0.1) is 17.2 Å². The molecule has 230 valence electrons. The van der Waals surface area contributed by atoms with E-state index in [0.29, 0.717) is 15.6 Å². The molecule has 1 N–H and O–H groups in total. The van der Waals surface area contributed by atoms with Crippen LogP contribution in [0.1, 0.15) is 18.1 Å². The Balaban J connectivity index is 1.85. The number of nitrogens with zero attached hydrogens (tertiary/aromatic N) is 2. The van der Waals surface area contributed by atoms with Gasteiger partial charge in [0, 0.05) is 35.6 Å². The van der Waals surface area contributed by atoms with E-state index in [9.17, 15) is 18.0 Å². The maximum atomic E-state index is 14.5. The minimum Gasteiger partial charge on any atom is -0.492 e. The van der Waals surface area contributed by atoms with E-state index in [-0.39, 0.29) is 35.9 Å². The lowest BCUT2D eigenvalue weighted by molar-refractivity contribution is -0.139. The van der Waals surface area contributed by atoms with Crippen LogP contribution in [0, 0.1) is 0 Å². The van der Waals surface area contributed by atoms with Gasteiger partial charge in [0.15, 0.2) is 0 Å². The number of sulfonamides is 1. The fraction of sp³-hybridized carbons (Fsp3) is 0.212. The number of halogens is 2. The Morgan fingerprint density at radius 1 is 0.841 bits per heavy atom. The molecule has 0 aliphatic carbocycles. The first-order valence-electron chi connectivity index (χ1n) is 13.9. The lowest BCUT2D eigenvalue weighted by Crippen LogP contribution is -2.53. The monoisotopic (exact) mass is 653 g/mol. The summed E-state index contributed by atoms with van der Waals surface area (Å²) in [7, 11) is -2.79. The van der Waals surface area contributed by atoms with Crippen LogP contribution in [0.25, 0.3) is 0 Å². The molecule has 0 saturated carbocycles. The lowest BCUT2D eigenvalue weighted by Gasteiger charge is -2.34. The van der Waals surface area contributed by atoms with Crippen LogP contribution < -0.4 is 14.4 Å². The summed E-state index contributed by atoms with van der Waals surface area (Å²) in [5.41, 5.74) is 1.42. The summed E-state index contributed by atoms with van der Waals surface area (Å²) in [6.45, 7) is 1.28. The molecule has 1 atom stereocenters. The molecule has 0 heterocycles. The average molecular weight is 655 g/mol. The molecule has 0 aliphatic heterocycles. The molecule has 0 aromatic heterocycles. The van der Waals surface area contributed by atoms with Crippen molar-refractivity contribution >= 4 is 50.7 Å². The van der Waals surface area contributed by atoms with E-state index < -0.39 is 34.4 Å². The smallest absolute Gasteiger partial charge is 0.264 e. The van der Waals surface area contributed by atoms with Crippen LogP contribution >= 0.6 is 23.2 Å². The first-order valence-corrected chi connectivity index (χ1v) is 16.1. The highest BCUT2D eigenvalue weighted by Crippen LogP contribution is 2.33. The number of carbonyl (C=O) groups is 2. The molecule has 11 heteroatoms. The van der Waals surface area contributed by atoms with Gasteiger partial charge < -0.3 is 15.0 Å². The third-order valence-corrected chi connectivity index (χ3v) is 9.43. The van der Waals surface area contributed by atoms with Gasteiger partial charge in [-0.1, -0.05) is 89.9 Å². The molecule has 8 nitrogen and oxygen atoms in total. The predicted molar refractivity (Wildman–Crippen MR) is 174 cm³/mol. The molecular weight excluding hydrogens is 621 g/mol. The number of rotatable bonds is 13. The zero-order valence-electron chi connectivity index (χ0n) is 24.3. The van der Waals surface area contributed by atoms with Crippen molar-refractivity contribution in [1.82, 2.24) is 10.2 Å². The molecule has 2 amide bonds. The Bertz CT molecular complexity index is 1670. The normalized spacial score (nSPS) is 11.8. The first kappa shape index (κ1) is 32.9. The summed E-state index contributed by atoms with van der Waals surface area (Å²) < 4.78 is 35.1. The SMILES string of the molecule is CCOc1ccccc1N(CC(=O)N(Cc1c(Cl)cccc1Cl)[C@H](Cc1ccccc1)C(=O)NC)S(=O)(=O)c1ccccc1. The number of anilines is 1. The summed E-state index contributed by atoms with van der Waals surface area (Å²) in [5, 5.41) is 3.27. The van der Waals surface area contributed by atoms with Crippen LogP contribution in [0.3, 0.4) is 0 Å². The fourth-order valence-corrected chi connectivity index (χ4v) is 6.71. The van der Waals surface area contributed by atoms with Crippen LogP contribution in [0.2, 0.25) is 10.0 Å². The molecule has 0 fully saturated rings. The average Bonchev–Trinajstić information content (AvgIpc) is 3.03. The van der Waals surface area contributed by atoms with Gasteiger partial charge in [-0.25, -0.2) is 8.42 Å². The maximum Gasteiger partial charge on any atom is 0.264 e. The highest BCUT2D eigenvalue weighted by Gasteiger charge is 2.35. The first-order chi connectivity index (χ1) is 21.2. The van der Waals surface area contributed by atoms with Gasteiger partial charge in [-0.3, -0.25) is 13.9 Å². The van der Waals surface area contributed by atoms with Crippen molar-refractivity contribution < 1.29 is 22.7 Å². The molecule has 0 bridgehead atoms. The Morgan fingerprint density at radius 3 is 2.05 bits per heavy atom. The summed E-state index contributed by atoms with van der Waals surface area (Å²) in [6, 6.07) is 27.6. The number of amides is 2. The quantitative estimate of drug-likeness (QED) is 0.192. The molecule has 4 aromatic carbocycles. The summed E-state index contributed by atoms with van der Waals surface area (Å²) >= 11 is 13.0. The standard InChI is InChI=1S/C33H33Cl2N3O5S/c1-3-43-31-20-11-10-19-29(31)38(44(41,42)25-15-8-5-9-16-25)23-32(39)37(22-26-27(34)17-12-18-28(26)35)30(33(40)36-2)21-24-13-6-4-7-14-24/h4-20,30H,3,21-23H2,1-2H3,(H,36,40)/t30-/m1/s1. The number of likely N-dealkylation sites (N-methyl/N-ethyl adjacent to an activating group) is 1. The van der Waals surface area contributed by atoms with Gasteiger partial charge in [0.2, 0.25) is 11.8 Å². The van der Waals surface area contributed by atoms with Crippen molar-refractivity contribution in [2.24, 2.45) is 0 Å². The van der Waals surface area contributed by atoms with E-state index in [0.717, 1.165) is 9.87 Å².